The lowest BCUT2D eigenvalue weighted by molar-refractivity contribution is 0.979. The van der Waals surface area contributed by atoms with Gasteiger partial charge in [-0.05, 0) is 100 Å². The van der Waals surface area contributed by atoms with Crippen molar-refractivity contribution in [2.24, 2.45) is 0 Å². The molecule has 8 aromatic carbocycles. The molecule has 2 aromatic heterocycles. The largest absolute Gasteiger partial charge is 0.336 e. The highest BCUT2D eigenvalue weighted by Gasteiger charge is 2.25. The Morgan fingerprint density at radius 3 is 2.11 bits per heavy atom. The minimum absolute atomic E-state index is 0.754. The monoisotopic (exact) mass is 694 g/mol. The molecule has 0 aliphatic heterocycles. The summed E-state index contributed by atoms with van der Waals surface area (Å²) in [7, 11) is 0. The van der Waals surface area contributed by atoms with Crippen LogP contribution < -0.4 is 4.90 Å². The third-order valence-corrected chi connectivity index (χ3v) is 12.2. The van der Waals surface area contributed by atoms with Gasteiger partial charge in [0.05, 0.1) is 11.0 Å². The molecule has 0 atom stereocenters. The highest BCUT2D eigenvalue weighted by Crippen LogP contribution is 2.46. The molecule has 0 spiro atoms. The summed E-state index contributed by atoms with van der Waals surface area (Å²) in [6, 6.07) is 67.2. The number of hydrogen-bond donors (Lipinski definition) is 0. The van der Waals surface area contributed by atoms with E-state index in [0.717, 1.165) is 18.7 Å². The van der Waals surface area contributed by atoms with E-state index in [1.54, 1.807) is 0 Å². The van der Waals surface area contributed by atoms with Crippen LogP contribution in [0.4, 0.5) is 11.4 Å². The number of hydrogen-bond acceptors (Lipinski definition) is 2. The number of nitrogens with zero attached hydrogens (tertiary/aromatic N) is 2. The summed E-state index contributed by atoms with van der Waals surface area (Å²) in [6.45, 7) is 0.754. The minimum atomic E-state index is 0.754. The topological polar surface area (TPSA) is 8.17 Å². The van der Waals surface area contributed by atoms with E-state index in [-0.39, 0.29) is 0 Å². The number of rotatable bonds is 6. The van der Waals surface area contributed by atoms with Gasteiger partial charge in [0.1, 0.15) is 0 Å². The number of fused-ring (bicyclic) bond motifs is 9. The molecular formula is C50H34N2S. The van der Waals surface area contributed by atoms with Crippen LogP contribution in [0.25, 0.3) is 69.9 Å². The van der Waals surface area contributed by atoms with Crippen molar-refractivity contribution in [3.05, 3.63) is 199 Å². The summed E-state index contributed by atoms with van der Waals surface area (Å²) in [4.78, 5) is 2.55. The van der Waals surface area contributed by atoms with Crippen LogP contribution in [0.15, 0.2) is 182 Å². The third kappa shape index (κ3) is 4.92. The Morgan fingerprint density at radius 2 is 1.21 bits per heavy atom. The van der Waals surface area contributed by atoms with E-state index in [9.17, 15) is 0 Å². The van der Waals surface area contributed by atoms with Crippen LogP contribution in [-0.2, 0) is 13.0 Å². The molecule has 2 nitrogen and oxygen atoms in total. The van der Waals surface area contributed by atoms with Crippen molar-refractivity contribution >= 4 is 64.7 Å². The molecule has 1 aliphatic rings. The SMILES string of the molecule is c1ccc(-c2ccc(-n3c4ccccc4c4cc(N(Cc5ccc6sc7ccccc7c6c5)c5cccc6c5-c5ccccc5C6)ccc43)cc2)cc1. The summed E-state index contributed by atoms with van der Waals surface area (Å²) in [5.41, 5.74) is 15.3. The summed E-state index contributed by atoms with van der Waals surface area (Å²) < 4.78 is 5.09. The molecule has 0 radical (unpaired) electrons. The van der Waals surface area contributed by atoms with Gasteiger partial charge in [0.2, 0.25) is 0 Å². The Balaban J connectivity index is 1.09. The van der Waals surface area contributed by atoms with Crippen molar-refractivity contribution in [3.63, 3.8) is 0 Å². The fourth-order valence-electron chi connectivity index (χ4n) is 8.60. The predicted octanol–water partition coefficient (Wildman–Crippen LogP) is 13.7. The van der Waals surface area contributed by atoms with Gasteiger partial charge in [0.15, 0.2) is 0 Å². The lowest BCUT2D eigenvalue weighted by Gasteiger charge is -2.28. The average Bonchev–Trinajstić information content (AvgIpc) is 3.90. The molecule has 250 valence electrons. The molecule has 10 aromatic rings. The first-order valence-corrected chi connectivity index (χ1v) is 19.2. The maximum atomic E-state index is 2.55. The van der Waals surface area contributed by atoms with Crippen molar-refractivity contribution in [2.45, 2.75) is 13.0 Å². The average molecular weight is 695 g/mol. The number of anilines is 2. The molecule has 0 unspecified atom stereocenters. The second kappa shape index (κ2) is 12.1. The van der Waals surface area contributed by atoms with Gasteiger partial charge in [-0.25, -0.2) is 0 Å². The fourth-order valence-corrected chi connectivity index (χ4v) is 9.69. The van der Waals surface area contributed by atoms with E-state index >= 15 is 0 Å². The molecule has 0 amide bonds. The van der Waals surface area contributed by atoms with Gasteiger partial charge in [-0.1, -0.05) is 121 Å². The third-order valence-electron chi connectivity index (χ3n) is 11.1. The summed E-state index contributed by atoms with van der Waals surface area (Å²) in [6.07, 6.45) is 0.968. The Labute approximate surface area is 312 Å². The maximum absolute atomic E-state index is 2.55. The highest BCUT2D eigenvalue weighted by atomic mass is 32.1. The lowest BCUT2D eigenvalue weighted by atomic mass is 10.0. The van der Waals surface area contributed by atoms with Gasteiger partial charge in [-0.3, -0.25) is 0 Å². The summed E-state index contributed by atoms with van der Waals surface area (Å²) in [5, 5.41) is 5.18. The Bertz CT molecular complexity index is 3000. The molecule has 2 heterocycles. The van der Waals surface area contributed by atoms with Gasteiger partial charge < -0.3 is 9.47 Å². The van der Waals surface area contributed by atoms with Gasteiger partial charge in [-0.2, -0.15) is 0 Å². The maximum Gasteiger partial charge on any atom is 0.0542 e. The van der Waals surface area contributed by atoms with E-state index < -0.39 is 0 Å². The molecule has 1 aliphatic carbocycles. The minimum Gasteiger partial charge on any atom is -0.336 e. The van der Waals surface area contributed by atoms with E-state index in [1.807, 2.05) is 11.3 Å². The van der Waals surface area contributed by atoms with Crippen molar-refractivity contribution in [2.75, 3.05) is 4.90 Å². The number of aromatic nitrogens is 1. The molecule has 11 rings (SSSR count). The smallest absolute Gasteiger partial charge is 0.0542 e. The summed E-state index contributed by atoms with van der Waals surface area (Å²) in [5.74, 6) is 0. The van der Waals surface area contributed by atoms with Crippen LogP contribution in [0.2, 0.25) is 0 Å². The van der Waals surface area contributed by atoms with E-state index in [4.69, 9.17) is 0 Å². The molecular weight excluding hydrogens is 661 g/mol. The normalized spacial score (nSPS) is 12.2. The number of thiophene rings is 1. The van der Waals surface area contributed by atoms with Crippen molar-refractivity contribution in [1.82, 2.24) is 4.57 Å². The van der Waals surface area contributed by atoms with E-state index in [0.29, 0.717) is 0 Å². The van der Waals surface area contributed by atoms with Crippen molar-refractivity contribution in [3.8, 4) is 27.9 Å². The standard InChI is InChI=1S/C50H34N2S/c1-2-11-34(12-3-1)35-22-24-38(25-23-35)52-45-18-8-6-16-41(45)43-31-39(26-27-46(43)52)51(47-19-10-14-37-30-36-13-4-5-15-40(36)50(37)47)32-33-21-28-49-44(29-33)42-17-7-9-20-48(42)53-49/h1-29,31H,30,32H2. The zero-order chi connectivity index (χ0) is 34.9. The van der Waals surface area contributed by atoms with Gasteiger partial charge in [0.25, 0.3) is 0 Å². The predicted molar refractivity (Wildman–Crippen MR) is 226 cm³/mol. The van der Waals surface area contributed by atoms with Crippen LogP contribution >= 0.6 is 11.3 Å². The highest BCUT2D eigenvalue weighted by molar-refractivity contribution is 7.25. The molecule has 0 saturated carbocycles. The van der Waals surface area contributed by atoms with Gasteiger partial charge in [-0.15, -0.1) is 11.3 Å². The van der Waals surface area contributed by atoms with Crippen molar-refractivity contribution in [1.29, 1.82) is 0 Å². The zero-order valence-corrected chi connectivity index (χ0v) is 29.9. The van der Waals surface area contributed by atoms with Crippen LogP contribution in [0.5, 0.6) is 0 Å². The first kappa shape index (κ1) is 30.2. The summed E-state index contributed by atoms with van der Waals surface area (Å²) >= 11 is 1.88. The first-order valence-electron chi connectivity index (χ1n) is 18.3. The Hall–Kier alpha value is -6.42. The quantitative estimate of drug-likeness (QED) is 0.168. The molecule has 3 heteroatoms. The lowest BCUT2D eigenvalue weighted by Crippen LogP contribution is -2.17. The molecule has 0 N–H and O–H groups in total. The van der Waals surface area contributed by atoms with Crippen LogP contribution in [0.1, 0.15) is 16.7 Å². The van der Waals surface area contributed by atoms with Gasteiger partial charge in [0, 0.05) is 60.1 Å². The fraction of sp³-hybridized carbons (Fsp3) is 0.0400. The molecule has 0 saturated heterocycles. The Kier molecular flexibility index (Phi) is 6.89. The van der Waals surface area contributed by atoms with Crippen LogP contribution in [0.3, 0.4) is 0 Å². The zero-order valence-electron chi connectivity index (χ0n) is 29.0. The second-order valence-corrected chi connectivity index (χ2v) is 15.2. The van der Waals surface area contributed by atoms with Crippen LogP contribution in [-0.4, -0.2) is 4.57 Å². The second-order valence-electron chi connectivity index (χ2n) is 14.1. The molecule has 53 heavy (non-hydrogen) atoms. The van der Waals surface area contributed by atoms with E-state index in [1.165, 1.54) is 92.3 Å². The molecule has 0 bridgehead atoms. The number of para-hydroxylation sites is 1. The van der Waals surface area contributed by atoms with E-state index in [2.05, 4.69) is 191 Å². The Morgan fingerprint density at radius 1 is 0.491 bits per heavy atom. The first-order chi connectivity index (χ1) is 26.3. The van der Waals surface area contributed by atoms with Crippen LogP contribution in [0, 0.1) is 0 Å². The van der Waals surface area contributed by atoms with Gasteiger partial charge >= 0.3 is 0 Å². The molecule has 0 fully saturated rings. The van der Waals surface area contributed by atoms with Crippen molar-refractivity contribution < 1.29 is 0 Å². The number of benzene rings is 8.